The Morgan fingerprint density at radius 1 is 0.900 bits per heavy atom. The van der Waals surface area contributed by atoms with Gasteiger partial charge in [-0.3, -0.25) is 4.98 Å². The summed E-state index contributed by atoms with van der Waals surface area (Å²) in [5.74, 6) is 0. The first-order valence-electron chi connectivity index (χ1n) is 9.88. The van der Waals surface area contributed by atoms with Crippen LogP contribution in [0.15, 0.2) is 79.3 Å². The van der Waals surface area contributed by atoms with Crippen molar-refractivity contribution in [1.29, 1.82) is 0 Å². The van der Waals surface area contributed by atoms with Crippen molar-refractivity contribution < 1.29 is 5.11 Å². The lowest BCUT2D eigenvalue weighted by atomic mass is 10.1. The summed E-state index contributed by atoms with van der Waals surface area (Å²) in [6.07, 6.45) is 11.0. The van der Waals surface area contributed by atoms with E-state index >= 15 is 0 Å². The molecule has 0 saturated carbocycles. The van der Waals surface area contributed by atoms with Gasteiger partial charge in [0.1, 0.15) is 0 Å². The molecule has 2 aromatic heterocycles. The molecule has 150 valence electrons. The SMILES string of the molecule is OCCCc1cn(-c2cccc(Nc3cccc(C=Cc4ccncc4)c3)c2)nn1. The fourth-order valence-electron chi connectivity index (χ4n) is 3.08. The molecule has 30 heavy (non-hydrogen) atoms. The van der Waals surface area contributed by atoms with Gasteiger partial charge in [-0.2, -0.15) is 0 Å². The first-order chi connectivity index (χ1) is 14.8. The summed E-state index contributed by atoms with van der Waals surface area (Å²) in [5, 5.41) is 20.8. The van der Waals surface area contributed by atoms with Crippen LogP contribution in [0.3, 0.4) is 0 Å². The van der Waals surface area contributed by atoms with Crippen LogP contribution in [0.2, 0.25) is 0 Å². The maximum Gasteiger partial charge on any atom is 0.0832 e. The summed E-state index contributed by atoms with van der Waals surface area (Å²) in [4.78, 5) is 4.04. The maximum atomic E-state index is 8.97. The van der Waals surface area contributed by atoms with E-state index in [4.69, 9.17) is 5.11 Å². The summed E-state index contributed by atoms with van der Waals surface area (Å²) >= 11 is 0. The zero-order valence-corrected chi connectivity index (χ0v) is 16.5. The van der Waals surface area contributed by atoms with Crippen LogP contribution in [0.5, 0.6) is 0 Å². The Bertz CT molecular complexity index is 1120. The van der Waals surface area contributed by atoms with Crippen LogP contribution < -0.4 is 5.32 Å². The maximum absolute atomic E-state index is 8.97. The molecule has 4 rings (SSSR count). The Morgan fingerprint density at radius 3 is 2.50 bits per heavy atom. The second kappa shape index (κ2) is 9.62. The lowest BCUT2D eigenvalue weighted by Gasteiger charge is -2.09. The first-order valence-corrected chi connectivity index (χ1v) is 9.88. The minimum Gasteiger partial charge on any atom is -0.396 e. The van der Waals surface area contributed by atoms with Crippen molar-refractivity contribution >= 4 is 23.5 Å². The van der Waals surface area contributed by atoms with E-state index in [9.17, 15) is 0 Å². The molecule has 0 aliphatic carbocycles. The van der Waals surface area contributed by atoms with Gasteiger partial charge in [0.25, 0.3) is 0 Å². The van der Waals surface area contributed by atoms with Gasteiger partial charge < -0.3 is 10.4 Å². The summed E-state index contributed by atoms with van der Waals surface area (Å²) < 4.78 is 1.76. The predicted molar refractivity (Wildman–Crippen MR) is 120 cm³/mol. The Labute approximate surface area is 175 Å². The number of nitrogens with zero attached hydrogens (tertiary/aromatic N) is 4. The van der Waals surface area contributed by atoms with E-state index in [-0.39, 0.29) is 6.61 Å². The highest BCUT2D eigenvalue weighted by atomic mass is 16.2. The van der Waals surface area contributed by atoms with E-state index in [2.05, 4.69) is 44.9 Å². The van der Waals surface area contributed by atoms with Crippen LogP contribution in [0.1, 0.15) is 23.2 Å². The zero-order valence-electron chi connectivity index (χ0n) is 16.5. The summed E-state index contributed by atoms with van der Waals surface area (Å²) in [6.45, 7) is 0.156. The average molecular weight is 397 g/mol. The molecule has 0 amide bonds. The van der Waals surface area contributed by atoms with Crippen molar-refractivity contribution in [1.82, 2.24) is 20.0 Å². The fourth-order valence-corrected chi connectivity index (χ4v) is 3.08. The standard InChI is InChI=1S/C24H23N5O/c30-15-3-7-23-18-29(28-27-23)24-8-2-6-22(17-24)26-21-5-1-4-20(16-21)10-9-19-11-13-25-14-12-19/h1-2,4-6,8-14,16-18,26,30H,3,7,15H2. The molecule has 6 nitrogen and oxygen atoms in total. The number of aliphatic hydroxyl groups excluding tert-OH is 1. The topological polar surface area (TPSA) is 75.9 Å². The normalized spacial score (nSPS) is 11.1. The first kappa shape index (κ1) is 19.5. The Balaban J connectivity index is 1.47. The third-order valence-corrected chi connectivity index (χ3v) is 4.59. The van der Waals surface area contributed by atoms with Crippen molar-refractivity contribution in [3.8, 4) is 5.69 Å². The number of pyridine rings is 1. The van der Waals surface area contributed by atoms with Crippen LogP contribution in [0.25, 0.3) is 17.8 Å². The third kappa shape index (κ3) is 5.18. The highest BCUT2D eigenvalue weighted by Gasteiger charge is 2.04. The number of hydrogen-bond acceptors (Lipinski definition) is 5. The average Bonchev–Trinajstić information content (AvgIpc) is 3.27. The smallest absolute Gasteiger partial charge is 0.0832 e. The van der Waals surface area contributed by atoms with E-state index in [1.807, 2.05) is 54.7 Å². The van der Waals surface area contributed by atoms with Gasteiger partial charge in [-0.25, -0.2) is 4.68 Å². The van der Waals surface area contributed by atoms with Crippen LogP contribution in [0, 0.1) is 0 Å². The zero-order chi connectivity index (χ0) is 20.6. The van der Waals surface area contributed by atoms with Gasteiger partial charge in [-0.05, 0) is 66.4 Å². The molecule has 0 spiro atoms. The van der Waals surface area contributed by atoms with Crippen molar-refractivity contribution in [3.05, 3.63) is 96.1 Å². The lowest BCUT2D eigenvalue weighted by molar-refractivity contribution is 0.288. The second-order valence-electron chi connectivity index (χ2n) is 6.90. The molecule has 0 atom stereocenters. The van der Waals surface area contributed by atoms with Gasteiger partial charge in [0, 0.05) is 30.4 Å². The third-order valence-electron chi connectivity index (χ3n) is 4.59. The van der Waals surface area contributed by atoms with Crippen LogP contribution in [-0.4, -0.2) is 31.7 Å². The number of aromatic nitrogens is 4. The quantitative estimate of drug-likeness (QED) is 0.458. The molecule has 6 heteroatoms. The molecule has 2 aromatic carbocycles. The number of anilines is 2. The van der Waals surface area contributed by atoms with Gasteiger partial charge in [0.15, 0.2) is 0 Å². The van der Waals surface area contributed by atoms with E-state index in [0.717, 1.165) is 33.9 Å². The highest BCUT2D eigenvalue weighted by molar-refractivity contribution is 5.72. The molecule has 0 unspecified atom stereocenters. The Hall–Kier alpha value is -3.77. The van der Waals surface area contributed by atoms with Gasteiger partial charge >= 0.3 is 0 Å². The van der Waals surface area contributed by atoms with Crippen LogP contribution >= 0.6 is 0 Å². The molecule has 0 bridgehead atoms. The Morgan fingerprint density at radius 2 is 1.67 bits per heavy atom. The van der Waals surface area contributed by atoms with E-state index in [1.165, 1.54) is 0 Å². The van der Waals surface area contributed by atoms with Crippen LogP contribution in [0.4, 0.5) is 11.4 Å². The molecule has 0 aliphatic heterocycles. The molecule has 2 heterocycles. The number of benzene rings is 2. The van der Waals surface area contributed by atoms with Crippen molar-refractivity contribution in [3.63, 3.8) is 0 Å². The minimum atomic E-state index is 0.156. The van der Waals surface area contributed by atoms with E-state index in [1.54, 1.807) is 17.1 Å². The number of aryl methyl sites for hydroxylation is 1. The molecule has 0 saturated heterocycles. The van der Waals surface area contributed by atoms with E-state index < -0.39 is 0 Å². The molecule has 2 N–H and O–H groups in total. The van der Waals surface area contributed by atoms with Gasteiger partial charge in [0.05, 0.1) is 17.6 Å². The van der Waals surface area contributed by atoms with Crippen LogP contribution in [-0.2, 0) is 6.42 Å². The summed E-state index contributed by atoms with van der Waals surface area (Å²) in [6, 6.07) is 20.2. The predicted octanol–water partition coefficient (Wildman–Crippen LogP) is 4.50. The Kier molecular flexibility index (Phi) is 6.27. The van der Waals surface area contributed by atoms with Gasteiger partial charge in [-0.1, -0.05) is 35.6 Å². The number of hydrogen-bond donors (Lipinski definition) is 2. The number of aliphatic hydroxyl groups is 1. The molecule has 0 radical (unpaired) electrons. The molecular formula is C24H23N5O. The highest BCUT2D eigenvalue weighted by Crippen LogP contribution is 2.21. The fraction of sp³-hybridized carbons (Fsp3) is 0.125. The van der Waals surface area contributed by atoms with Crippen molar-refractivity contribution in [2.24, 2.45) is 0 Å². The second-order valence-corrected chi connectivity index (χ2v) is 6.90. The number of nitrogens with one attached hydrogen (secondary N) is 1. The van der Waals surface area contributed by atoms with Crippen molar-refractivity contribution in [2.75, 3.05) is 11.9 Å². The molecule has 4 aromatic rings. The van der Waals surface area contributed by atoms with Gasteiger partial charge in [0.2, 0.25) is 0 Å². The van der Waals surface area contributed by atoms with Crippen molar-refractivity contribution in [2.45, 2.75) is 12.8 Å². The lowest BCUT2D eigenvalue weighted by Crippen LogP contribution is -1.97. The largest absolute Gasteiger partial charge is 0.396 e. The monoisotopic (exact) mass is 397 g/mol. The molecular weight excluding hydrogens is 374 g/mol. The summed E-state index contributed by atoms with van der Waals surface area (Å²) in [5.41, 5.74) is 5.99. The molecule has 0 fully saturated rings. The van der Waals surface area contributed by atoms with Gasteiger partial charge in [-0.15, -0.1) is 5.10 Å². The minimum absolute atomic E-state index is 0.156. The summed E-state index contributed by atoms with van der Waals surface area (Å²) in [7, 11) is 0. The number of rotatable bonds is 8. The molecule has 0 aliphatic rings. The van der Waals surface area contributed by atoms with E-state index in [0.29, 0.717) is 12.8 Å².